The molecule has 0 unspecified atom stereocenters. The second kappa shape index (κ2) is 4.47. The Bertz CT molecular complexity index is 27.2. The van der Waals surface area contributed by atoms with Crippen LogP contribution in [0.5, 0.6) is 0 Å². The van der Waals surface area contributed by atoms with Crippen molar-refractivity contribution in [3.8, 4) is 0 Å². The van der Waals surface area contributed by atoms with Crippen molar-refractivity contribution < 1.29 is 0 Å². The molecule has 0 aliphatic carbocycles. The zero-order valence-electron chi connectivity index (χ0n) is 4.49. The topological polar surface area (TPSA) is 26.0 Å². The molecule has 0 radical (unpaired) electrons. The van der Waals surface area contributed by atoms with Crippen molar-refractivity contribution in [2.24, 2.45) is 5.73 Å². The minimum atomic E-state index is 0. The molecule has 0 heterocycles. The van der Waals surface area contributed by atoms with Gasteiger partial charge < -0.3 is 5.73 Å². The lowest BCUT2D eigenvalue weighted by Crippen LogP contribution is -2.26. The molecule has 0 saturated heterocycles. The average molecular weight is 123 g/mol. The van der Waals surface area contributed by atoms with E-state index < -0.39 is 0 Å². The fraction of sp³-hybridized carbons (Fsp3) is 1.00. The van der Waals surface area contributed by atoms with Gasteiger partial charge in [0.05, 0.1) is 8.41 Å². The SMILES string of the molecule is B.CC(C)(C)N.Cl. The smallest absolute Gasteiger partial charge is 0.0814 e. The van der Waals surface area contributed by atoms with Crippen LogP contribution in [0.15, 0.2) is 0 Å². The number of halogens is 1. The summed E-state index contributed by atoms with van der Waals surface area (Å²) in [6.45, 7) is 5.90. The normalized spacial score (nSPS) is 8.57. The summed E-state index contributed by atoms with van der Waals surface area (Å²) >= 11 is 0. The molecule has 0 saturated carbocycles. The molecule has 0 aliphatic rings. The summed E-state index contributed by atoms with van der Waals surface area (Å²) in [5.41, 5.74) is 5.35. The van der Waals surface area contributed by atoms with Crippen LogP contribution < -0.4 is 5.73 Å². The van der Waals surface area contributed by atoms with E-state index in [1.165, 1.54) is 0 Å². The minimum Gasteiger partial charge on any atom is -0.326 e. The molecule has 0 atom stereocenters. The zero-order chi connectivity index (χ0) is 4.50. The first-order chi connectivity index (χ1) is 2.00. The lowest BCUT2D eigenvalue weighted by Gasteiger charge is -2.06. The largest absolute Gasteiger partial charge is 0.326 e. The lowest BCUT2D eigenvalue weighted by molar-refractivity contribution is 0.580. The van der Waals surface area contributed by atoms with Gasteiger partial charge in [-0.2, -0.15) is 0 Å². The lowest BCUT2D eigenvalue weighted by atomic mass is 10.1. The van der Waals surface area contributed by atoms with Crippen molar-refractivity contribution >= 4 is 20.8 Å². The molecule has 0 amide bonds. The van der Waals surface area contributed by atoms with Gasteiger partial charge in [-0.05, 0) is 20.8 Å². The Hall–Kier alpha value is 0.315. The number of nitrogens with two attached hydrogens (primary N) is 1. The van der Waals surface area contributed by atoms with Crippen molar-refractivity contribution in [2.45, 2.75) is 26.3 Å². The third-order valence-corrected chi connectivity index (χ3v) is 0. The van der Waals surface area contributed by atoms with E-state index in [-0.39, 0.29) is 26.4 Å². The number of rotatable bonds is 0. The fourth-order valence-electron chi connectivity index (χ4n) is 0. The Balaban J connectivity index is -0.0000000800. The van der Waals surface area contributed by atoms with E-state index >= 15 is 0 Å². The van der Waals surface area contributed by atoms with E-state index in [1.807, 2.05) is 20.8 Å². The van der Waals surface area contributed by atoms with Crippen molar-refractivity contribution in [1.82, 2.24) is 0 Å². The summed E-state index contributed by atoms with van der Waals surface area (Å²) in [5.74, 6) is 0. The van der Waals surface area contributed by atoms with E-state index in [4.69, 9.17) is 5.73 Å². The average Bonchev–Trinajstić information content (AvgIpc) is 0.722. The molecule has 0 aromatic heterocycles. The summed E-state index contributed by atoms with van der Waals surface area (Å²) in [6, 6.07) is 0. The maximum atomic E-state index is 5.35. The van der Waals surface area contributed by atoms with Crippen LogP contribution in [0, 0.1) is 0 Å². The molecular weight excluding hydrogens is 108 g/mol. The first-order valence-corrected chi connectivity index (χ1v) is 1.79. The molecule has 0 aliphatic heterocycles. The number of hydrogen-bond donors (Lipinski definition) is 1. The van der Waals surface area contributed by atoms with Crippen LogP contribution in [0.25, 0.3) is 0 Å². The van der Waals surface area contributed by atoms with Gasteiger partial charge in [-0.3, -0.25) is 0 Å². The number of hydrogen-bond acceptors (Lipinski definition) is 1. The Morgan fingerprint density at radius 3 is 1.14 bits per heavy atom. The molecule has 0 fully saturated rings. The monoisotopic (exact) mass is 123 g/mol. The standard InChI is InChI=1S/C4H11N.BH3.ClH/c1-4(2,3)5;;/h5H2,1-3H3;1H3;1H. The van der Waals surface area contributed by atoms with Gasteiger partial charge in [0.25, 0.3) is 0 Å². The molecule has 1 nitrogen and oxygen atoms in total. The molecule has 0 aromatic rings. The van der Waals surface area contributed by atoms with Gasteiger partial charge in [-0.25, -0.2) is 0 Å². The minimum absolute atomic E-state index is 0. The van der Waals surface area contributed by atoms with Crippen LogP contribution in [-0.2, 0) is 0 Å². The molecule has 0 rings (SSSR count). The van der Waals surface area contributed by atoms with Crippen molar-refractivity contribution in [3.63, 3.8) is 0 Å². The molecule has 0 aromatic carbocycles. The zero-order valence-corrected chi connectivity index (χ0v) is 5.30. The predicted octanol–water partition coefficient (Wildman–Crippen LogP) is -0.0185. The third kappa shape index (κ3) is 1190. The van der Waals surface area contributed by atoms with Gasteiger partial charge in [0.15, 0.2) is 0 Å². The van der Waals surface area contributed by atoms with E-state index in [2.05, 4.69) is 0 Å². The van der Waals surface area contributed by atoms with Crippen molar-refractivity contribution in [3.05, 3.63) is 0 Å². The van der Waals surface area contributed by atoms with Gasteiger partial charge in [-0.1, -0.05) is 0 Å². The van der Waals surface area contributed by atoms with Gasteiger partial charge in [0.2, 0.25) is 0 Å². The van der Waals surface area contributed by atoms with Crippen molar-refractivity contribution in [1.29, 1.82) is 0 Å². The Morgan fingerprint density at radius 1 is 1.14 bits per heavy atom. The van der Waals surface area contributed by atoms with E-state index in [9.17, 15) is 0 Å². The van der Waals surface area contributed by atoms with Crippen molar-refractivity contribution in [2.75, 3.05) is 0 Å². The highest BCUT2D eigenvalue weighted by molar-refractivity contribution is 5.85. The first kappa shape index (κ1) is 15.7. The van der Waals surface area contributed by atoms with Gasteiger partial charge >= 0.3 is 0 Å². The second-order valence-corrected chi connectivity index (χ2v) is 2.37. The maximum Gasteiger partial charge on any atom is 0.0814 e. The Morgan fingerprint density at radius 2 is 1.14 bits per heavy atom. The van der Waals surface area contributed by atoms with E-state index in [0.29, 0.717) is 0 Å². The van der Waals surface area contributed by atoms with Crippen LogP contribution in [-0.4, -0.2) is 14.0 Å². The van der Waals surface area contributed by atoms with Crippen LogP contribution in [0.1, 0.15) is 20.8 Å². The summed E-state index contributed by atoms with van der Waals surface area (Å²) < 4.78 is 0. The second-order valence-electron chi connectivity index (χ2n) is 2.37. The van der Waals surface area contributed by atoms with Crippen LogP contribution in [0.4, 0.5) is 0 Å². The maximum absolute atomic E-state index is 5.35. The van der Waals surface area contributed by atoms with Gasteiger partial charge in [-0.15, -0.1) is 12.4 Å². The van der Waals surface area contributed by atoms with Crippen LogP contribution in [0.2, 0.25) is 0 Å². The summed E-state index contributed by atoms with van der Waals surface area (Å²) in [7, 11) is 0. The molecular formula is C4H15BClN. The molecule has 3 heteroatoms. The quantitative estimate of drug-likeness (QED) is 0.450. The third-order valence-electron chi connectivity index (χ3n) is 0. The molecule has 0 bridgehead atoms. The van der Waals surface area contributed by atoms with Crippen LogP contribution in [0.3, 0.4) is 0 Å². The molecule has 2 N–H and O–H groups in total. The summed E-state index contributed by atoms with van der Waals surface area (Å²) in [5, 5.41) is 0. The van der Waals surface area contributed by atoms with E-state index in [1.54, 1.807) is 0 Å². The highest BCUT2D eigenvalue weighted by Crippen LogP contribution is 1.88. The summed E-state index contributed by atoms with van der Waals surface area (Å²) in [6.07, 6.45) is 0. The van der Waals surface area contributed by atoms with Crippen LogP contribution >= 0.6 is 12.4 Å². The molecule has 46 valence electrons. The highest BCUT2D eigenvalue weighted by atomic mass is 35.5. The molecule has 7 heavy (non-hydrogen) atoms. The fourth-order valence-corrected chi connectivity index (χ4v) is 0. The first-order valence-electron chi connectivity index (χ1n) is 1.79. The van der Waals surface area contributed by atoms with Gasteiger partial charge in [0, 0.05) is 5.54 Å². The van der Waals surface area contributed by atoms with E-state index in [0.717, 1.165) is 0 Å². The molecule has 0 spiro atoms. The Kier molecular flexibility index (Phi) is 10.0. The summed E-state index contributed by atoms with van der Waals surface area (Å²) in [4.78, 5) is 0. The highest BCUT2D eigenvalue weighted by Gasteiger charge is 1.95. The van der Waals surface area contributed by atoms with Gasteiger partial charge in [0.1, 0.15) is 0 Å². The Labute approximate surface area is 53.6 Å². The predicted molar refractivity (Wildman–Crippen MR) is 41.1 cm³/mol.